The molecule has 0 spiro atoms. The fourth-order valence-electron chi connectivity index (χ4n) is 1.99. The predicted octanol–water partition coefficient (Wildman–Crippen LogP) is 0.193. The van der Waals surface area contributed by atoms with Gasteiger partial charge in [0.05, 0.1) is 4.90 Å². The summed E-state index contributed by atoms with van der Waals surface area (Å²) in [7, 11) is -3.63. The summed E-state index contributed by atoms with van der Waals surface area (Å²) in [6.07, 6.45) is 0. The van der Waals surface area contributed by atoms with Crippen LogP contribution in [0.15, 0.2) is 29.2 Å². The van der Waals surface area contributed by atoms with Crippen LogP contribution in [0.1, 0.15) is 17.3 Å². The maximum Gasteiger partial charge on any atom is 0.317 e. The molecule has 1 aliphatic heterocycles. The van der Waals surface area contributed by atoms with Crippen molar-refractivity contribution in [3.63, 3.8) is 0 Å². The summed E-state index contributed by atoms with van der Waals surface area (Å²) in [5, 5.41) is 2.64. The molecule has 114 valence electrons. The average Bonchev–Trinajstić information content (AvgIpc) is 2.84. The van der Waals surface area contributed by atoms with Gasteiger partial charge in [0.1, 0.15) is 0 Å². The molecule has 0 atom stereocenters. The van der Waals surface area contributed by atoms with Crippen molar-refractivity contribution in [3.8, 4) is 0 Å². The van der Waals surface area contributed by atoms with Crippen LogP contribution in [-0.4, -0.2) is 51.3 Å². The van der Waals surface area contributed by atoms with Crippen molar-refractivity contribution in [2.45, 2.75) is 11.8 Å². The average molecular weight is 311 g/mol. The largest absolute Gasteiger partial charge is 0.336 e. The second-order valence-electron chi connectivity index (χ2n) is 4.70. The van der Waals surface area contributed by atoms with Crippen LogP contribution in [0.4, 0.5) is 4.79 Å². The lowest BCUT2D eigenvalue weighted by Gasteiger charge is -2.14. The molecule has 0 saturated carbocycles. The van der Waals surface area contributed by atoms with Crippen LogP contribution in [0, 0.1) is 0 Å². The number of benzene rings is 1. The van der Waals surface area contributed by atoms with E-state index in [1.54, 1.807) is 4.90 Å². The number of nitrogens with zero attached hydrogens (tertiary/aromatic N) is 1. The molecule has 0 aromatic heterocycles. The van der Waals surface area contributed by atoms with E-state index in [1.165, 1.54) is 31.2 Å². The lowest BCUT2D eigenvalue weighted by molar-refractivity contribution is 0.101. The Labute approximate surface area is 123 Å². The van der Waals surface area contributed by atoms with E-state index in [0.29, 0.717) is 25.2 Å². The van der Waals surface area contributed by atoms with Crippen molar-refractivity contribution in [2.75, 3.05) is 26.2 Å². The van der Waals surface area contributed by atoms with Crippen molar-refractivity contribution in [1.82, 2.24) is 14.9 Å². The minimum atomic E-state index is -3.63. The fraction of sp³-hybridized carbons (Fsp3) is 0.385. The van der Waals surface area contributed by atoms with Gasteiger partial charge in [-0.1, -0.05) is 12.1 Å². The molecule has 0 radical (unpaired) electrons. The normalized spacial score (nSPS) is 15.1. The molecule has 7 nitrogen and oxygen atoms in total. The highest BCUT2D eigenvalue weighted by atomic mass is 32.2. The van der Waals surface area contributed by atoms with Gasteiger partial charge in [-0.3, -0.25) is 4.79 Å². The van der Waals surface area contributed by atoms with Crippen molar-refractivity contribution < 1.29 is 18.0 Å². The van der Waals surface area contributed by atoms with Crippen LogP contribution >= 0.6 is 0 Å². The number of amides is 2. The molecule has 8 heteroatoms. The number of urea groups is 1. The molecular formula is C13H17N3O4S. The molecule has 2 amide bonds. The molecule has 0 aliphatic carbocycles. The van der Waals surface area contributed by atoms with E-state index in [4.69, 9.17) is 0 Å². The Kier molecular flexibility index (Phi) is 4.59. The highest BCUT2D eigenvalue weighted by molar-refractivity contribution is 7.89. The number of carbonyl (C=O) groups excluding carboxylic acids is 2. The minimum absolute atomic E-state index is 0.0957. The molecule has 1 heterocycles. The predicted molar refractivity (Wildman–Crippen MR) is 76.6 cm³/mol. The van der Waals surface area contributed by atoms with Crippen molar-refractivity contribution in [1.29, 1.82) is 0 Å². The van der Waals surface area contributed by atoms with E-state index >= 15 is 0 Å². The Morgan fingerprint density at radius 3 is 2.52 bits per heavy atom. The maximum atomic E-state index is 12.1. The van der Waals surface area contributed by atoms with Crippen molar-refractivity contribution in [3.05, 3.63) is 29.8 Å². The zero-order chi connectivity index (χ0) is 15.5. The third kappa shape index (κ3) is 3.79. The fourth-order valence-corrected chi connectivity index (χ4v) is 3.01. The number of Topliss-reactive ketones (excluding diaryl/α,β-unsaturated/α-hetero) is 1. The van der Waals surface area contributed by atoms with E-state index in [-0.39, 0.29) is 23.3 Å². The lowest BCUT2D eigenvalue weighted by Crippen LogP contribution is -2.36. The van der Waals surface area contributed by atoms with Gasteiger partial charge in [0.15, 0.2) is 5.78 Å². The number of carbonyl (C=O) groups is 2. The van der Waals surface area contributed by atoms with Crippen LogP contribution < -0.4 is 10.0 Å². The second-order valence-corrected chi connectivity index (χ2v) is 6.46. The molecule has 1 aromatic carbocycles. The Morgan fingerprint density at radius 2 is 2.00 bits per heavy atom. The van der Waals surface area contributed by atoms with Crippen molar-refractivity contribution >= 4 is 21.8 Å². The maximum absolute atomic E-state index is 12.1. The Hall–Kier alpha value is -1.93. The molecule has 1 aliphatic rings. The lowest BCUT2D eigenvalue weighted by atomic mass is 10.2. The van der Waals surface area contributed by atoms with Crippen LogP contribution in [-0.2, 0) is 10.0 Å². The van der Waals surface area contributed by atoms with E-state index in [2.05, 4.69) is 10.0 Å². The number of ketones is 1. The highest BCUT2D eigenvalue weighted by Crippen LogP contribution is 2.10. The Bertz CT molecular complexity index is 640. The first kappa shape index (κ1) is 15.5. The summed E-state index contributed by atoms with van der Waals surface area (Å²) in [6.45, 7) is 3.04. The zero-order valence-electron chi connectivity index (χ0n) is 11.6. The van der Waals surface area contributed by atoms with Crippen LogP contribution in [0.5, 0.6) is 0 Å². The van der Waals surface area contributed by atoms with Gasteiger partial charge in [-0.15, -0.1) is 0 Å². The van der Waals surface area contributed by atoms with Crippen molar-refractivity contribution in [2.24, 2.45) is 0 Å². The third-order valence-corrected chi connectivity index (χ3v) is 4.67. The monoisotopic (exact) mass is 311 g/mol. The van der Waals surface area contributed by atoms with Gasteiger partial charge in [-0.2, -0.15) is 0 Å². The van der Waals surface area contributed by atoms with E-state index in [1.807, 2.05) is 0 Å². The third-order valence-electron chi connectivity index (χ3n) is 3.19. The number of nitrogens with one attached hydrogen (secondary N) is 2. The van der Waals surface area contributed by atoms with Gasteiger partial charge in [-0.25, -0.2) is 17.9 Å². The van der Waals surface area contributed by atoms with Crippen LogP contribution in [0.2, 0.25) is 0 Å². The molecule has 21 heavy (non-hydrogen) atoms. The van der Waals surface area contributed by atoms with Gasteiger partial charge in [0.2, 0.25) is 10.0 Å². The van der Waals surface area contributed by atoms with E-state index < -0.39 is 10.0 Å². The minimum Gasteiger partial charge on any atom is -0.336 e. The SMILES string of the molecule is CC(=O)c1ccc(S(=O)(=O)NCCN2CCNC2=O)cc1. The summed E-state index contributed by atoms with van der Waals surface area (Å²) < 4.78 is 26.5. The first-order valence-corrected chi connectivity index (χ1v) is 8.02. The van der Waals surface area contributed by atoms with Crippen LogP contribution in [0.3, 0.4) is 0 Å². The Morgan fingerprint density at radius 1 is 1.33 bits per heavy atom. The highest BCUT2D eigenvalue weighted by Gasteiger charge is 2.20. The summed E-state index contributed by atoms with van der Waals surface area (Å²) in [6, 6.07) is 5.55. The van der Waals surface area contributed by atoms with Gasteiger partial charge < -0.3 is 10.2 Å². The quantitative estimate of drug-likeness (QED) is 0.733. The Balaban J connectivity index is 1.94. The van der Waals surface area contributed by atoms with Gasteiger partial charge in [-0.05, 0) is 19.1 Å². The second kappa shape index (κ2) is 6.23. The summed E-state index contributed by atoms with van der Waals surface area (Å²) >= 11 is 0. The van der Waals surface area contributed by atoms with E-state index in [0.717, 1.165) is 0 Å². The zero-order valence-corrected chi connectivity index (χ0v) is 12.4. The van der Waals surface area contributed by atoms with E-state index in [9.17, 15) is 18.0 Å². The number of rotatable bonds is 6. The number of hydrogen-bond donors (Lipinski definition) is 2. The summed E-state index contributed by atoms with van der Waals surface area (Å²) in [4.78, 5) is 24.1. The van der Waals surface area contributed by atoms with Gasteiger partial charge in [0.25, 0.3) is 0 Å². The standard InChI is InChI=1S/C13H17N3O4S/c1-10(17)11-2-4-12(5-3-11)21(19,20)15-7-9-16-8-6-14-13(16)18/h2-5,15H,6-9H2,1H3,(H,14,18). The first-order valence-electron chi connectivity index (χ1n) is 6.53. The number of hydrogen-bond acceptors (Lipinski definition) is 4. The van der Waals surface area contributed by atoms with Crippen LogP contribution in [0.25, 0.3) is 0 Å². The van der Waals surface area contributed by atoms with Gasteiger partial charge >= 0.3 is 6.03 Å². The molecule has 1 aromatic rings. The summed E-state index contributed by atoms with van der Waals surface area (Å²) in [5.41, 5.74) is 0.461. The molecular weight excluding hydrogens is 294 g/mol. The molecule has 2 N–H and O–H groups in total. The molecule has 1 fully saturated rings. The molecule has 1 saturated heterocycles. The molecule has 0 bridgehead atoms. The van der Waals surface area contributed by atoms with Gasteiger partial charge in [0, 0.05) is 31.7 Å². The smallest absolute Gasteiger partial charge is 0.317 e. The summed E-state index contributed by atoms with van der Waals surface area (Å²) in [5.74, 6) is -0.119. The first-order chi connectivity index (χ1) is 9.90. The number of sulfonamides is 1. The topological polar surface area (TPSA) is 95.6 Å². The molecule has 0 unspecified atom stereocenters. The molecule has 2 rings (SSSR count).